The molecule has 0 radical (unpaired) electrons. The van der Waals surface area contributed by atoms with E-state index in [-0.39, 0.29) is 0 Å². The summed E-state index contributed by atoms with van der Waals surface area (Å²) >= 11 is 3.28. The van der Waals surface area contributed by atoms with Gasteiger partial charge in [-0.25, -0.2) is 4.98 Å². The Hall–Kier alpha value is -1.86. The molecule has 0 saturated carbocycles. The van der Waals surface area contributed by atoms with Crippen molar-refractivity contribution < 1.29 is 0 Å². The summed E-state index contributed by atoms with van der Waals surface area (Å²) in [7, 11) is 0. The predicted molar refractivity (Wildman–Crippen MR) is 101 cm³/mol. The Morgan fingerprint density at radius 3 is 2.83 bits per heavy atom. The number of nitrogens with zero attached hydrogens (tertiary/aromatic N) is 4. The third-order valence-electron chi connectivity index (χ3n) is 3.39. The lowest BCUT2D eigenvalue weighted by Gasteiger charge is -2.07. The van der Waals surface area contributed by atoms with Crippen molar-refractivity contribution in [3.05, 3.63) is 54.1 Å². The van der Waals surface area contributed by atoms with Crippen LogP contribution in [0.4, 0.5) is 5.13 Å². The van der Waals surface area contributed by atoms with Crippen molar-refractivity contribution in [2.24, 2.45) is 5.92 Å². The van der Waals surface area contributed by atoms with Gasteiger partial charge in [-0.2, -0.15) is 0 Å². The highest BCUT2D eigenvalue weighted by Crippen LogP contribution is 2.28. The van der Waals surface area contributed by atoms with E-state index < -0.39 is 0 Å². The lowest BCUT2D eigenvalue weighted by Crippen LogP contribution is -2.07. The molecule has 7 heteroatoms. The van der Waals surface area contributed by atoms with E-state index in [0.29, 0.717) is 5.92 Å². The van der Waals surface area contributed by atoms with Crippen molar-refractivity contribution in [1.82, 2.24) is 19.7 Å². The topological polar surface area (TPSA) is 55.6 Å². The lowest BCUT2D eigenvalue weighted by atomic mass is 10.2. The summed E-state index contributed by atoms with van der Waals surface area (Å²) in [4.78, 5) is 4.48. The zero-order chi connectivity index (χ0) is 16.8. The van der Waals surface area contributed by atoms with E-state index in [2.05, 4.69) is 63.2 Å². The first-order valence-corrected chi connectivity index (χ1v) is 9.75. The zero-order valence-corrected chi connectivity index (χ0v) is 15.5. The zero-order valence-electron chi connectivity index (χ0n) is 13.8. The molecule has 1 aromatic carbocycles. The standard InChI is InChI=1S/C17H21N5S2/c1-13(2)10-19-16-20-21-17(24-16)23-12-15-18-8-9-22(15)11-14-6-4-3-5-7-14/h3-9,13H,10-12H2,1-2H3,(H,19,20). The van der Waals surface area contributed by atoms with Gasteiger partial charge >= 0.3 is 0 Å². The highest BCUT2D eigenvalue weighted by molar-refractivity contribution is 8.00. The fourth-order valence-corrected chi connectivity index (χ4v) is 3.89. The van der Waals surface area contributed by atoms with Crippen LogP contribution in [0.3, 0.4) is 0 Å². The van der Waals surface area contributed by atoms with Gasteiger partial charge in [0.1, 0.15) is 5.82 Å². The first-order valence-electron chi connectivity index (χ1n) is 7.95. The first-order chi connectivity index (χ1) is 11.7. The van der Waals surface area contributed by atoms with Gasteiger partial charge in [0.25, 0.3) is 0 Å². The highest BCUT2D eigenvalue weighted by atomic mass is 32.2. The molecule has 5 nitrogen and oxygen atoms in total. The van der Waals surface area contributed by atoms with E-state index in [9.17, 15) is 0 Å². The minimum absolute atomic E-state index is 0.593. The van der Waals surface area contributed by atoms with E-state index in [1.54, 1.807) is 23.1 Å². The molecular weight excluding hydrogens is 338 g/mol. The smallest absolute Gasteiger partial charge is 0.206 e. The van der Waals surface area contributed by atoms with Gasteiger partial charge in [0.2, 0.25) is 5.13 Å². The second kappa shape index (κ2) is 8.30. The van der Waals surface area contributed by atoms with Crippen LogP contribution in [0.15, 0.2) is 47.1 Å². The third kappa shape index (κ3) is 4.82. The number of rotatable bonds is 8. The van der Waals surface area contributed by atoms with Crippen molar-refractivity contribution in [2.75, 3.05) is 11.9 Å². The van der Waals surface area contributed by atoms with Crippen LogP contribution < -0.4 is 5.32 Å². The van der Waals surface area contributed by atoms with Crippen LogP contribution >= 0.6 is 23.1 Å². The van der Waals surface area contributed by atoms with E-state index >= 15 is 0 Å². The lowest BCUT2D eigenvalue weighted by molar-refractivity contribution is 0.687. The number of anilines is 1. The van der Waals surface area contributed by atoms with Gasteiger partial charge in [0.15, 0.2) is 4.34 Å². The molecule has 0 unspecified atom stereocenters. The van der Waals surface area contributed by atoms with Gasteiger partial charge in [-0.05, 0) is 11.5 Å². The molecule has 0 amide bonds. The molecule has 3 rings (SSSR count). The molecule has 0 spiro atoms. The van der Waals surface area contributed by atoms with Crippen LogP contribution in [-0.4, -0.2) is 26.3 Å². The number of hydrogen-bond donors (Lipinski definition) is 1. The number of nitrogens with one attached hydrogen (secondary N) is 1. The average molecular weight is 360 g/mol. The normalized spacial score (nSPS) is 11.1. The molecule has 126 valence electrons. The number of aromatic nitrogens is 4. The number of imidazole rings is 1. The molecule has 2 heterocycles. The summed E-state index contributed by atoms with van der Waals surface area (Å²) in [5, 5.41) is 12.6. The molecule has 0 saturated heterocycles. The molecule has 0 aliphatic rings. The van der Waals surface area contributed by atoms with Crippen LogP contribution in [0.1, 0.15) is 25.2 Å². The Balaban J connectivity index is 1.57. The molecule has 3 aromatic rings. The Labute approximate surface area is 150 Å². The Morgan fingerprint density at radius 2 is 2.04 bits per heavy atom. The second-order valence-electron chi connectivity index (χ2n) is 5.89. The highest BCUT2D eigenvalue weighted by Gasteiger charge is 2.09. The summed E-state index contributed by atoms with van der Waals surface area (Å²) in [6.45, 7) is 6.11. The van der Waals surface area contributed by atoms with Crippen molar-refractivity contribution >= 4 is 28.2 Å². The van der Waals surface area contributed by atoms with Gasteiger partial charge in [0, 0.05) is 25.5 Å². The number of benzene rings is 1. The molecule has 1 N–H and O–H groups in total. The average Bonchev–Trinajstić information content (AvgIpc) is 3.21. The van der Waals surface area contributed by atoms with Gasteiger partial charge in [-0.1, -0.05) is 67.3 Å². The van der Waals surface area contributed by atoms with E-state index in [4.69, 9.17) is 0 Å². The monoisotopic (exact) mass is 359 g/mol. The largest absolute Gasteiger partial charge is 0.360 e. The van der Waals surface area contributed by atoms with E-state index in [0.717, 1.165) is 34.1 Å². The van der Waals surface area contributed by atoms with Crippen molar-refractivity contribution in [3.63, 3.8) is 0 Å². The van der Waals surface area contributed by atoms with Gasteiger partial charge < -0.3 is 9.88 Å². The van der Waals surface area contributed by atoms with Crippen LogP contribution in [0, 0.1) is 5.92 Å². The maximum atomic E-state index is 4.48. The first kappa shape index (κ1) is 17.0. The Bertz CT molecular complexity index is 751. The minimum atomic E-state index is 0.593. The second-order valence-corrected chi connectivity index (χ2v) is 8.09. The van der Waals surface area contributed by atoms with Gasteiger partial charge in [-0.15, -0.1) is 10.2 Å². The van der Waals surface area contributed by atoms with E-state index in [1.807, 2.05) is 18.5 Å². The van der Waals surface area contributed by atoms with Crippen LogP contribution in [0.2, 0.25) is 0 Å². The summed E-state index contributed by atoms with van der Waals surface area (Å²) in [6.07, 6.45) is 3.88. The van der Waals surface area contributed by atoms with Crippen LogP contribution in [-0.2, 0) is 12.3 Å². The summed E-state index contributed by atoms with van der Waals surface area (Å²) in [5.41, 5.74) is 1.28. The van der Waals surface area contributed by atoms with E-state index in [1.165, 1.54) is 5.56 Å². The Kier molecular flexibility index (Phi) is 5.87. The van der Waals surface area contributed by atoms with Crippen molar-refractivity contribution in [2.45, 2.75) is 30.5 Å². The molecule has 0 atom stereocenters. The quantitative estimate of drug-likeness (QED) is 0.613. The number of thioether (sulfide) groups is 1. The summed E-state index contributed by atoms with van der Waals surface area (Å²) < 4.78 is 3.15. The Morgan fingerprint density at radius 1 is 1.21 bits per heavy atom. The molecule has 0 fully saturated rings. The van der Waals surface area contributed by atoms with Crippen LogP contribution in [0.25, 0.3) is 0 Å². The van der Waals surface area contributed by atoms with Crippen molar-refractivity contribution in [1.29, 1.82) is 0 Å². The minimum Gasteiger partial charge on any atom is -0.360 e. The fraction of sp³-hybridized carbons (Fsp3) is 0.353. The fourth-order valence-electron chi connectivity index (χ4n) is 2.16. The molecular formula is C17H21N5S2. The maximum absolute atomic E-state index is 4.48. The number of hydrogen-bond acceptors (Lipinski definition) is 6. The molecule has 0 bridgehead atoms. The van der Waals surface area contributed by atoms with Gasteiger partial charge in [0.05, 0.1) is 5.75 Å². The molecule has 0 aliphatic carbocycles. The van der Waals surface area contributed by atoms with Crippen LogP contribution in [0.5, 0.6) is 0 Å². The van der Waals surface area contributed by atoms with Gasteiger partial charge in [-0.3, -0.25) is 0 Å². The predicted octanol–water partition coefficient (Wildman–Crippen LogP) is 4.14. The summed E-state index contributed by atoms with van der Waals surface area (Å²) in [5.74, 6) is 2.43. The molecule has 2 aromatic heterocycles. The van der Waals surface area contributed by atoms with Crippen molar-refractivity contribution in [3.8, 4) is 0 Å². The molecule has 24 heavy (non-hydrogen) atoms. The summed E-state index contributed by atoms with van der Waals surface area (Å²) in [6, 6.07) is 10.4. The SMILES string of the molecule is CC(C)CNc1nnc(SCc2nccn2Cc2ccccc2)s1. The molecule has 0 aliphatic heterocycles. The third-order valence-corrected chi connectivity index (χ3v) is 5.40. The maximum Gasteiger partial charge on any atom is 0.206 e.